The summed E-state index contributed by atoms with van der Waals surface area (Å²) >= 11 is 11.8. The summed E-state index contributed by atoms with van der Waals surface area (Å²) in [6, 6.07) is 14.0. The highest BCUT2D eigenvalue weighted by Gasteiger charge is 2.33. The van der Waals surface area contributed by atoms with Gasteiger partial charge in [0.05, 0.1) is 17.1 Å². The summed E-state index contributed by atoms with van der Waals surface area (Å²) in [6.07, 6.45) is 1.42. The first-order valence-corrected chi connectivity index (χ1v) is 9.79. The number of hydrogen-bond donors (Lipinski definition) is 2. The molecule has 2 N–H and O–H groups in total. The number of imide groups is 1. The minimum Gasteiger partial charge on any atom is -0.478 e. The second-order valence-corrected chi connectivity index (χ2v) is 7.55. The van der Waals surface area contributed by atoms with Crippen molar-refractivity contribution in [1.29, 1.82) is 0 Å². The van der Waals surface area contributed by atoms with Gasteiger partial charge in [-0.25, -0.2) is 9.59 Å². The molecule has 2 aromatic carbocycles. The van der Waals surface area contributed by atoms with Gasteiger partial charge in [-0.15, -0.1) is 0 Å². The highest BCUT2D eigenvalue weighted by Crippen LogP contribution is 2.28. The van der Waals surface area contributed by atoms with Gasteiger partial charge in [-0.1, -0.05) is 35.3 Å². The van der Waals surface area contributed by atoms with Crippen molar-refractivity contribution >= 4 is 47.2 Å². The van der Waals surface area contributed by atoms with Gasteiger partial charge in [0, 0.05) is 16.7 Å². The van der Waals surface area contributed by atoms with Gasteiger partial charge in [0.2, 0.25) is 0 Å². The number of urea groups is 1. The maximum absolute atomic E-state index is 12.7. The fraction of sp³-hybridized carbons (Fsp3) is 0.0455. The van der Waals surface area contributed by atoms with Crippen LogP contribution >= 0.6 is 23.2 Å². The van der Waals surface area contributed by atoms with Crippen molar-refractivity contribution in [3.05, 3.63) is 87.2 Å². The number of nitrogens with one attached hydrogen (secondary N) is 1. The molecule has 1 aliphatic rings. The maximum atomic E-state index is 12.7. The summed E-state index contributed by atoms with van der Waals surface area (Å²) in [5, 5.41) is 12.4. The van der Waals surface area contributed by atoms with Gasteiger partial charge in [-0.2, -0.15) is 0 Å². The predicted octanol–water partition coefficient (Wildman–Crippen LogP) is 5.04. The molecule has 0 spiro atoms. The van der Waals surface area contributed by atoms with Crippen LogP contribution in [0.5, 0.6) is 0 Å². The number of aromatic carboxylic acids is 1. The molecule has 2 heterocycles. The van der Waals surface area contributed by atoms with Crippen LogP contribution in [0.1, 0.15) is 21.7 Å². The number of hydrogen-bond acceptors (Lipinski definition) is 4. The van der Waals surface area contributed by atoms with Crippen LogP contribution in [0.2, 0.25) is 10.0 Å². The summed E-state index contributed by atoms with van der Waals surface area (Å²) in [6.45, 7) is 0.103. The number of carboxylic acid groups (broad SMARTS) is 1. The van der Waals surface area contributed by atoms with Crippen LogP contribution in [0.3, 0.4) is 0 Å². The molecule has 0 bridgehead atoms. The fourth-order valence-corrected chi connectivity index (χ4v) is 3.38. The molecule has 3 amide bonds. The quantitative estimate of drug-likeness (QED) is 0.413. The molecule has 156 valence electrons. The van der Waals surface area contributed by atoms with Crippen LogP contribution in [0.4, 0.5) is 4.79 Å². The van der Waals surface area contributed by atoms with Gasteiger partial charge in [0.25, 0.3) is 5.91 Å². The molecule has 0 atom stereocenters. The predicted molar refractivity (Wildman–Crippen MR) is 115 cm³/mol. The topological polar surface area (TPSA) is 99.9 Å². The molecule has 1 saturated heterocycles. The molecule has 7 nitrogen and oxygen atoms in total. The summed E-state index contributed by atoms with van der Waals surface area (Å²) in [5.74, 6) is -0.932. The van der Waals surface area contributed by atoms with Gasteiger partial charge >= 0.3 is 12.0 Å². The number of carbonyl (C=O) groups excluding carboxylic acids is 2. The molecule has 0 saturated carbocycles. The average molecular weight is 457 g/mol. The standard InChI is InChI=1S/C22H14Cl2N2O5/c23-14-4-1-12(2-5-14)11-26-20(27)18(25-22(26)30)10-15-6-8-19(31-15)13-3-7-17(24)16(9-13)21(28)29/h1-10H,11H2,(H,25,30)(H,28,29). The Labute approximate surface area is 186 Å². The molecule has 1 fully saturated rings. The lowest BCUT2D eigenvalue weighted by Gasteiger charge is -2.11. The first-order valence-electron chi connectivity index (χ1n) is 9.04. The number of carbonyl (C=O) groups is 3. The number of amides is 3. The third-order valence-electron chi connectivity index (χ3n) is 4.61. The van der Waals surface area contributed by atoms with E-state index in [1.807, 2.05) is 0 Å². The summed E-state index contributed by atoms with van der Waals surface area (Å²) in [5.41, 5.74) is 1.29. The van der Waals surface area contributed by atoms with Gasteiger partial charge in [0.1, 0.15) is 17.2 Å². The van der Waals surface area contributed by atoms with E-state index in [1.54, 1.807) is 42.5 Å². The Balaban J connectivity index is 1.55. The number of halogens is 2. The van der Waals surface area contributed by atoms with Gasteiger partial charge in [0.15, 0.2) is 0 Å². The molecule has 0 radical (unpaired) electrons. The SMILES string of the molecule is O=C(O)c1cc(-c2ccc(C=C3NC(=O)N(Cc4ccc(Cl)cc4)C3=O)o2)ccc1Cl. The number of benzene rings is 2. The Morgan fingerprint density at radius 2 is 1.81 bits per heavy atom. The van der Waals surface area contributed by atoms with E-state index in [0.717, 1.165) is 10.5 Å². The molecule has 31 heavy (non-hydrogen) atoms. The Kier molecular flexibility index (Phi) is 5.54. The number of carboxylic acids is 1. The molecular weight excluding hydrogens is 443 g/mol. The van der Waals surface area contributed by atoms with E-state index >= 15 is 0 Å². The molecule has 0 aliphatic carbocycles. The summed E-state index contributed by atoms with van der Waals surface area (Å²) in [7, 11) is 0. The summed E-state index contributed by atoms with van der Waals surface area (Å²) in [4.78, 5) is 37.3. The minimum atomic E-state index is -1.15. The van der Waals surface area contributed by atoms with E-state index in [9.17, 15) is 19.5 Å². The zero-order chi connectivity index (χ0) is 22.1. The van der Waals surface area contributed by atoms with Crippen molar-refractivity contribution in [2.75, 3.05) is 0 Å². The third-order valence-corrected chi connectivity index (χ3v) is 5.19. The summed E-state index contributed by atoms with van der Waals surface area (Å²) < 4.78 is 5.71. The van der Waals surface area contributed by atoms with Gasteiger partial charge in [-0.05, 0) is 48.0 Å². The highest BCUT2D eigenvalue weighted by atomic mass is 35.5. The molecular formula is C22H14Cl2N2O5. The normalized spacial score (nSPS) is 14.9. The monoisotopic (exact) mass is 456 g/mol. The molecule has 3 aromatic rings. The lowest BCUT2D eigenvalue weighted by Crippen LogP contribution is -2.30. The number of furan rings is 1. The average Bonchev–Trinajstić information content (AvgIpc) is 3.30. The van der Waals surface area contributed by atoms with E-state index in [2.05, 4.69) is 5.32 Å². The van der Waals surface area contributed by atoms with Crippen LogP contribution in [0, 0.1) is 0 Å². The lowest BCUT2D eigenvalue weighted by molar-refractivity contribution is -0.123. The molecule has 9 heteroatoms. The van der Waals surface area contributed by atoms with Crippen molar-refractivity contribution in [3.63, 3.8) is 0 Å². The van der Waals surface area contributed by atoms with Crippen LogP contribution < -0.4 is 5.32 Å². The Bertz CT molecular complexity index is 1230. The van der Waals surface area contributed by atoms with E-state index in [4.69, 9.17) is 27.6 Å². The number of nitrogens with zero attached hydrogens (tertiary/aromatic N) is 1. The van der Waals surface area contributed by atoms with Crippen LogP contribution in [0.15, 0.2) is 64.7 Å². The zero-order valence-corrected chi connectivity index (χ0v) is 17.3. The van der Waals surface area contributed by atoms with Crippen molar-refractivity contribution in [2.24, 2.45) is 0 Å². The first-order chi connectivity index (χ1) is 14.8. The second kappa shape index (κ2) is 8.29. The Morgan fingerprint density at radius 3 is 2.52 bits per heavy atom. The van der Waals surface area contributed by atoms with Crippen LogP contribution in [-0.2, 0) is 11.3 Å². The van der Waals surface area contributed by atoms with Crippen molar-refractivity contribution in [3.8, 4) is 11.3 Å². The largest absolute Gasteiger partial charge is 0.478 e. The first kappa shape index (κ1) is 20.7. The maximum Gasteiger partial charge on any atom is 0.337 e. The molecule has 1 aliphatic heterocycles. The zero-order valence-electron chi connectivity index (χ0n) is 15.8. The fourth-order valence-electron chi connectivity index (χ4n) is 3.06. The molecule has 4 rings (SSSR count). The van der Waals surface area contributed by atoms with Crippen molar-refractivity contribution in [2.45, 2.75) is 6.54 Å². The minimum absolute atomic E-state index is 0.0495. The van der Waals surface area contributed by atoms with Crippen LogP contribution in [-0.4, -0.2) is 27.9 Å². The lowest BCUT2D eigenvalue weighted by atomic mass is 10.1. The Morgan fingerprint density at radius 1 is 1.06 bits per heavy atom. The van der Waals surface area contributed by atoms with Crippen LogP contribution in [0.25, 0.3) is 17.4 Å². The molecule has 1 aromatic heterocycles. The van der Waals surface area contributed by atoms with E-state index in [-0.39, 0.29) is 22.8 Å². The highest BCUT2D eigenvalue weighted by molar-refractivity contribution is 6.33. The number of rotatable bonds is 5. The van der Waals surface area contributed by atoms with E-state index in [1.165, 1.54) is 18.2 Å². The smallest absolute Gasteiger partial charge is 0.337 e. The second-order valence-electron chi connectivity index (χ2n) is 6.71. The third kappa shape index (κ3) is 4.33. The van der Waals surface area contributed by atoms with E-state index < -0.39 is 17.9 Å². The van der Waals surface area contributed by atoms with Crippen molar-refractivity contribution < 1.29 is 23.9 Å². The van der Waals surface area contributed by atoms with Gasteiger partial charge < -0.3 is 14.8 Å². The van der Waals surface area contributed by atoms with Gasteiger partial charge in [-0.3, -0.25) is 9.69 Å². The van der Waals surface area contributed by atoms with E-state index in [0.29, 0.717) is 22.1 Å². The van der Waals surface area contributed by atoms with Crippen molar-refractivity contribution in [1.82, 2.24) is 10.2 Å². The Hall–Kier alpha value is -3.55. The molecule has 0 unspecified atom stereocenters.